The van der Waals surface area contributed by atoms with Crippen LogP contribution >= 0.6 is 0 Å². The molecule has 1 atom stereocenters. The fourth-order valence-electron chi connectivity index (χ4n) is 2.85. The van der Waals surface area contributed by atoms with Crippen molar-refractivity contribution in [3.05, 3.63) is 71.3 Å². The molecule has 0 spiro atoms. The van der Waals surface area contributed by atoms with E-state index in [1.807, 2.05) is 0 Å². The van der Waals surface area contributed by atoms with Crippen LogP contribution in [-0.4, -0.2) is 25.5 Å². The molecule has 0 aliphatic heterocycles. The molecule has 2 aromatic rings. The molecular formula is C21H29N. The molecule has 1 unspecified atom stereocenters. The first-order valence-corrected chi connectivity index (χ1v) is 8.34. The van der Waals surface area contributed by atoms with Crippen molar-refractivity contribution in [3.63, 3.8) is 0 Å². The summed E-state index contributed by atoms with van der Waals surface area (Å²) >= 11 is 0. The van der Waals surface area contributed by atoms with Gasteiger partial charge >= 0.3 is 0 Å². The second-order valence-electron chi connectivity index (χ2n) is 6.80. The highest BCUT2D eigenvalue weighted by atomic mass is 15.0. The molecule has 0 aliphatic carbocycles. The molecule has 0 amide bonds. The predicted molar refractivity (Wildman–Crippen MR) is 96.6 cm³/mol. The molecule has 0 aromatic heterocycles. The van der Waals surface area contributed by atoms with Gasteiger partial charge in [0, 0.05) is 0 Å². The van der Waals surface area contributed by atoms with Gasteiger partial charge in [0.05, 0.1) is 0 Å². The molecule has 2 aromatic carbocycles. The van der Waals surface area contributed by atoms with E-state index in [0.29, 0.717) is 11.8 Å². The van der Waals surface area contributed by atoms with Crippen molar-refractivity contribution >= 4 is 0 Å². The average molecular weight is 295 g/mol. The molecule has 0 saturated carbocycles. The molecule has 1 heteroatoms. The fraction of sp³-hybridized carbons (Fsp3) is 0.429. The molecule has 1 nitrogen and oxygen atoms in total. The van der Waals surface area contributed by atoms with Crippen molar-refractivity contribution in [2.75, 3.05) is 20.6 Å². The maximum absolute atomic E-state index is 2.31. The first-order chi connectivity index (χ1) is 10.6. The Morgan fingerprint density at radius 3 is 2.00 bits per heavy atom. The number of hydrogen-bond acceptors (Lipinski definition) is 1. The molecule has 0 N–H and O–H groups in total. The lowest BCUT2D eigenvalue weighted by Gasteiger charge is -2.20. The van der Waals surface area contributed by atoms with E-state index in [1.54, 1.807) is 0 Å². The van der Waals surface area contributed by atoms with Crippen molar-refractivity contribution in [2.24, 2.45) is 0 Å². The maximum atomic E-state index is 2.31. The van der Waals surface area contributed by atoms with Crippen LogP contribution in [0.4, 0.5) is 0 Å². The highest BCUT2D eigenvalue weighted by Crippen LogP contribution is 2.25. The lowest BCUT2D eigenvalue weighted by Crippen LogP contribution is -2.17. The minimum atomic E-state index is 0.591. The fourth-order valence-corrected chi connectivity index (χ4v) is 2.85. The van der Waals surface area contributed by atoms with Gasteiger partial charge in [-0.1, -0.05) is 68.4 Å². The third-order valence-electron chi connectivity index (χ3n) is 4.32. The van der Waals surface area contributed by atoms with Gasteiger partial charge in [0.2, 0.25) is 0 Å². The highest BCUT2D eigenvalue weighted by molar-refractivity contribution is 5.28. The summed E-state index contributed by atoms with van der Waals surface area (Å²) in [5.41, 5.74) is 4.32. The Morgan fingerprint density at radius 1 is 0.818 bits per heavy atom. The van der Waals surface area contributed by atoms with Gasteiger partial charge < -0.3 is 4.90 Å². The number of hydrogen-bond donors (Lipinski definition) is 0. The van der Waals surface area contributed by atoms with E-state index in [9.17, 15) is 0 Å². The SMILES string of the molecule is CC(C)c1ccc(CC(CCN(C)C)c2ccccc2)cc1. The van der Waals surface area contributed by atoms with Gasteiger partial charge in [-0.3, -0.25) is 0 Å². The smallest absolute Gasteiger partial charge is 0.00189 e. The summed E-state index contributed by atoms with van der Waals surface area (Å²) in [6.45, 7) is 5.63. The first-order valence-electron chi connectivity index (χ1n) is 8.34. The average Bonchev–Trinajstić information content (AvgIpc) is 2.52. The van der Waals surface area contributed by atoms with Crippen molar-refractivity contribution in [2.45, 2.75) is 38.5 Å². The van der Waals surface area contributed by atoms with Gasteiger partial charge in [-0.15, -0.1) is 0 Å². The Morgan fingerprint density at radius 2 is 1.45 bits per heavy atom. The van der Waals surface area contributed by atoms with Gasteiger partial charge in [0.15, 0.2) is 0 Å². The number of rotatable bonds is 7. The zero-order chi connectivity index (χ0) is 15.9. The van der Waals surface area contributed by atoms with Crippen LogP contribution in [0.25, 0.3) is 0 Å². The van der Waals surface area contributed by atoms with E-state index in [-0.39, 0.29) is 0 Å². The molecule has 0 radical (unpaired) electrons. The van der Waals surface area contributed by atoms with Gasteiger partial charge in [-0.05, 0) is 62.0 Å². The molecule has 0 saturated heterocycles. The summed E-state index contributed by atoms with van der Waals surface area (Å²) < 4.78 is 0. The topological polar surface area (TPSA) is 3.24 Å². The molecule has 0 heterocycles. The van der Waals surface area contributed by atoms with Crippen LogP contribution in [0, 0.1) is 0 Å². The van der Waals surface area contributed by atoms with Gasteiger partial charge in [-0.25, -0.2) is 0 Å². The largest absolute Gasteiger partial charge is 0.309 e. The Balaban J connectivity index is 2.11. The van der Waals surface area contributed by atoms with Gasteiger partial charge in [-0.2, -0.15) is 0 Å². The van der Waals surface area contributed by atoms with Crippen LogP contribution in [-0.2, 0) is 6.42 Å². The monoisotopic (exact) mass is 295 g/mol. The lowest BCUT2D eigenvalue weighted by molar-refractivity contribution is 0.380. The minimum absolute atomic E-state index is 0.591. The lowest BCUT2D eigenvalue weighted by atomic mass is 9.88. The van der Waals surface area contributed by atoms with Crippen LogP contribution in [0.1, 0.15) is 48.8 Å². The van der Waals surface area contributed by atoms with Crippen LogP contribution < -0.4 is 0 Å². The molecule has 2 rings (SSSR count). The molecule has 0 fully saturated rings. The molecular weight excluding hydrogens is 266 g/mol. The second-order valence-corrected chi connectivity index (χ2v) is 6.80. The zero-order valence-electron chi connectivity index (χ0n) is 14.4. The van der Waals surface area contributed by atoms with Crippen LogP contribution in [0.15, 0.2) is 54.6 Å². The third kappa shape index (κ3) is 4.99. The number of nitrogens with zero attached hydrogens (tertiary/aromatic N) is 1. The summed E-state index contributed by atoms with van der Waals surface area (Å²) in [6, 6.07) is 20.1. The summed E-state index contributed by atoms with van der Waals surface area (Å²) in [7, 11) is 4.30. The van der Waals surface area contributed by atoms with Crippen molar-refractivity contribution in [1.29, 1.82) is 0 Å². The van der Waals surface area contributed by atoms with E-state index in [1.165, 1.54) is 23.1 Å². The summed E-state index contributed by atoms with van der Waals surface area (Å²) in [5, 5.41) is 0. The quantitative estimate of drug-likeness (QED) is 0.688. The Bertz CT molecular complexity index is 540. The summed E-state index contributed by atoms with van der Waals surface area (Å²) in [5.74, 6) is 1.20. The summed E-state index contributed by atoms with van der Waals surface area (Å²) in [6.07, 6.45) is 2.32. The normalized spacial score (nSPS) is 12.8. The van der Waals surface area contributed by atoms with Crippen molar-refractivity contribution in [3.8, 4) is 0 Å². The van der Waals surface area contributed by atoms with E-state index in [4.69, 9.17) is 0 Å². The van der Waals surface area contributed by atoms with E-state index < -0.39 is 0 Å². The molecule has 22 heavy (non-hydrogen) atoms. The second kappa shape index (κ2) is 8.14. The van der Waals surface area contributed by atoms with Crippen LogP contribution in [0.5, 0.6) is 0 Å². The molecule has 0 bridgehead atoms. The van der Waals surface area contributed by atoms with E-state index >= 15 is 0 Å². The van der Waals surface area contributed by atoms with Crippen LogP contribution in [0.2, 0.25) is 0 Å². The van der Waals surface area contributed by atoms with Crippen molar-refractivity contribution < 1.29 is 0 Å². The van der Waals surface area contributed by atoms with E-state index in [0.717, 1.165) is 13.0 Å². The zero-order valence-corrected chi connectivity index (χ0v) is 14.4. The van der Waals surface area contributed by atoms with Crippen molar-refractivity contribution in [1.82, 2.24) is 4.90 Å². The molecule has 118 valence electrons. The van der Waals surface area contributed by atoms with E-state index in [2.05, 4.69) is 87.4 Å². The Kier molecular flexibility index (Phi) is 6.21. The molecule has 0 aliphatic rings. The first kappa shape index (κ1) is 16.8. The Hall–Kier alpha value is -1.60. The van der Waals surface area contributed by atoms with Crippen LogP contribution in [0.3, 0.4) is 0 Å². The third-order valence-corrected chi connectivity index (χ3v) is 4.32. The van der Waals surface area contributed by atoms with Gasteiger partial charge in [0.1, 0.15) is 0 Å². The van der Waals surface area contributed by atoms with Gasteiger partial charge in [0.25, 0.3) is 0 Å². The summed E-state index contributed by atoms with van der Waals surface area (Å²) in [4.78, 5) is 2.28. The standard InChI is InChI=1S/C21H29N/c1-17(2)19-12-10-18(11-13-19)16-21(14-15-22(3)4)20-8-6-5-7-9-20/h5-13,17,21H,14-16H2,1-4H3. The maximum Gasteiger partial charge on any atom is -0.00189 e. The highest BCUT2D eigenvalue weighted by Gasteiger charge is 2.13. The Labute approximate surface area is 136 Å². The predicted octanol–water partition coefficient (Wildman–Crippen LogP) is 5.09. The minimum Gasteiger partial charge on any atom is -0.309 e. The number of benzene rings is 2.